The SMILES string of the molecule is FC1(CN2Cc3cc(Cl)ccc3-n3c(nnc3C3CCN(c4nccc(C(F)(F)F)n4)CC3)C2)CC1. The summed E-state index contributed by atoms with van der Waals surface area (Å²) in [6.45, 7) is 2.38. The third-order valence-corrected chi connectivity index (χ3v) is 7.41. The number of piperidine rings is 1. The second kappa shape index (κ2) is 8.65. The Morgan fingerprint density at radius 2 is 1.83 bits per heavy atom. The summed E-state index contributed by atoms with van der Waals surface area (Å²) in [6.07, 6.45) is -0.876. The topological polar surface area (TPSA) is 63.0 Å². The molecule has 1 saturated carbocycles. The Bertz CT molecular complexity index is 1280. The van der Waals surface area contributed by atoms with Crippen molar-refractivity contribution in [3.05, 3.63) is 58.4 Å². The van der Waals surface area contributed by atoms with E-state index in [0.717, 1.165) is 35.2 Å². The van der Waals surface area contributed by atoms with E-state index >= 15 is 0 Å². The lowest BCUT2D eigenvalue weighted by Gasteiger charge is -2.32. The minimum absolute atomic E-state index is 0.0549. The molecular weight excluding hydrogens is 498 g/mol. The van der Waals surface area contributed by atoms with Crippen LogP contribution in [0, 0.1) is 0 Å². The second-order valence-corrected chi connectivity index (χ2v) is 10.3. The fourth-order valence-corrected chi connectivity index (χ4v) is 5.35. The third-order valence-electron chi connectivity index (χ3n) is 7.17. The number of hydrogen-bond donors (Lipinski definition) is 0. The van der Waals surface area contributed by atoms with Gasteiger partial charge in [0.1, 0.15) is 17.2 Å². The highest BCUT2D eigenvalue weighted by molar-refractivity contribution is 6.30. The van der Waals surface area contributed by atoms with Crippen molar-refractivity contribution in [2.24, 2.45) is 0 Å². The van der Waals surface area contributed by atoms with Crippen LogP contribution >= 0.6 is 11.6 Å². The first kappa shape index (κ1) is 23.6. The average molecular weight is 522 g/mol. The zero-order valence-electron chi connectivity index (χ0n) is 19.3. The van der Waals surface area contributed by atoms with E-state index in [-0.39, 0.29) is 11.9 Å². The monoisotopic (exact) mass is 521 g/mol. The van der Waals surface area contributed by atoms with Crippen LogP contribution in [0.2, 0.25) is 5.02 Å². The van der Waals surface area contributed by atoms with Crippen LogP contribution in [0.15, 0.2) is 30.5 Å². The molecule has 7 nitrogen and oxygen atoms in total. The van der Waals surface area contributed by atoms with Gasteiger partial charge in [-0.2, -0.15) is 13.2 Å². The zero-order valence-corrected chi connectivity index (χ0v) is 20.1. The first-order valence-corrected chi connectivity index (χ1v) is 12.4. The highest BCUT2D eigenvalue weighted by Crippen LogP contribution is 2.42. The molecule has 1 aromatic carbocycles. The van der Waals surface area contributed by atoms with Gasteiger partial charge in [0.05, 0.1) is 12.2 Å². The number of anilines is 1. The quantitative estimate of drug-likeness (QED) is 0.454. The molecule has 36 heavy (non-hydrogen) atoms. The fourth-order valence-electron chi connectivity index (χ4n) is 5.16. The predicted molar refractivity (Wildman–Crippen MR) is 125 cm³/mol. The molecule has 1 saturated heterocycles. The Balaban J connectivity index is 1.26. The van der Waals surface area contributed by atoms with Gasteiger partial charge in [0, 0.05) is 43.3 Å². The molecule has 2 aliphatic heterocycles. The number of alkyl halides is 4. The van der Waals surface area contributed by atoms with Crippen molar-refractivity contribution in [3.63, 3.8) is 0 Å². The lowest BCUT2D eigenvalue weighted by atomic mass is 9.95. The van der Waals surface area contributed by atoms with Gasteiger partial charge in [-0.15, -0.1) is 10.2 Å². The van der Waals surface area contributed by atoms with Crippen molar-refractivity contribution < 1.29 is 17.6 Å². The van der Waals surface area contributed by atoms with Crippen molar-refractivity contribution >= 4 is 17.5 Å². The van der Waals surface area contributed by atoms with E-state index in [0.29, 0.717) is 63.4 Å². The van der Waals surface area contributed by atoms with Crippen LogP contribution in [0.4, 0.5) is 23.5 Å². The Morgan fingerprint density at radius 1 is 1.06 bits per heavy atom. The molecule has 0 radical (unpaired) electrons. The summed E-state index contributed by atoms with van der Waals surface area (Å²) < 4.78 is 55.9. The first-order chi connectivity index (χ1) is 17.2. The predicted octanol–water partition coefficient (Wildman–Crippen LogP) is 4.93. The van der Waals surface area contributed by atoms with Crippen LogP contribution in [0.3, 0.4) is 0 Å². The van der Waals surface area contributed by atoms with Gasteiger partial charge in [-0.05, 0) is 55.5 Å². The van der Waals surface area contributed by atoms with Gasteiger partial charge in [-0.1, -0.05) is 11.6 Å². The number of halogens is 5. The van der Waals surface area contributed by atoms with Crippen LogP contribution in [0.25, 0.3) is 5.69 Å². The van der Waals surface area contributed by atoms with Crippen molar-refractivity contribution in [1.82, 2.24) is 29.6 Å². The Morgan fingerprint density at radius 3 is 2.56 bits per heavy atom. The third kappa shape index (κ3) is 4.54. The van der Waals surface area contributed by atoms with Crippen molar-refractivity contribution in [2.45, 2.75) is 56.5 Å². The van der Waals surface area contributed by atoms with E-state index in [9.17, 15) is 17.6 Å². The molecule has 0 unspecified atom stereocenters. The Kier molecular flexibility index (Phi) is 5.67. The largest absolute Gasteiger partial charge is 0.433 e. The minimum Gasteiger partial charge on any atom is -0.341 e. The van der Waals surface area contributed by atoms with Crippen LogP contribution < -0.4 is 4.90 Å². The second-order valence-electron chi connectivity index (χ2n) is 9.88. The first-order valence-electron chi connectivity index (χ1n) is 12.0. The van der Waals surface area contributed by atoms with Gasteiger partial charge in [0.15, 0.2) is 5.82 Å². The number of nitrogens with zero attached hydrogens (tertiary/aromatic N) is 7. The van der Waals surface area contributed by atoms with Gasteiger partial charge in [0.2, 0.25) is 5.95 Å². The zero-order chi connectivity index (χ0) is 25.1. The van der Waals surface area contributed by atoms with E-state index < -0.39 is 17.5 Å². The van der Waals surface area contributed by atoms with Gasteiger partial charge in [0.25, 0.3) is 0 Å². The van der Waals surface area contributed by atoms with Crippen molar-refractivity contribution in [3.8, 4) is 5.69 Å². The summed E-state index contributed by atoms with van der Waals surface area (Å²) in [4.78, 5) is 11.6. The van der Waals surface area contributed by atoms with Crippen LogP contribution in [0.1, 0.15) is 54.5 Å². The maximum absolute atomic E-state index is 14.6. The van der Waals surface area contributed by atoms with Gasteiger partial charge >= 0.3 is 6.18 Å². The molecule has 2 fully saturated rings. The normalized spacial score (nSPS) is 20.1. The number of hydrogen-bond acceptors (Lipinski definition) is 6. The van der Waals surface area contributed by atoms with Gasteiger partial charge in [-0.25, -0.2) is 14.4 Å². The molecule has 0 N–H and O–H groups in total. The minimum atomic E-state index is -4.51. The van der Waals surface area contributed by atoms with E-state index in [1.165, 1.54) is 0 Å². The highest BCUT2D eigenvalue weighted by Gasteiger charge is 2.45. The molecule has 0 spiro atoms. The molecule has 12 heteroatoms. The summed E-state index contributed by atoms with van der Waals surface area (Å²) in [6, 6.07) is 6.57. The lowest BCUT2D eigenvalue weighted by Crippen LogP contribution is -2.35. The fraction of sp³-hybridized carbons (Fsp3) is 0.500. The molecule has 4 heterocycles. The van der Waals surface area contributed by atoms with Crippen LogP contribution in [-0.4, -0.2) is 54.9 Å². The lowest BCUT2D eigenvalue weighted by molar-refractivity contribution is -0.141. The van der Waals surface area contributed by atoms with E-state index in [1.807, 2.05) is 18.2 Å². The van der Waals surface area contributed by atoms with E-state index in [4.69, 9.17) is 11.6 Å². The summed E-state index contributed by atoms with van der Waals surface area (Å²) in [5, 5.41) is 9.63. The molecule has 3 aromatic rings. The Hall–Kier alpha value is -2.79. The van der Waals surface area contributed by atoms with Crippen LogP contribution in [0.5, 0.6) is 0 Å². The maximum Gasteiger partial charge on any atom is 0.433 e. The molecule has 2 aromatic heterocycles. The highest BCUT2D eigenvalue weighted by atomic mass is 35.5. The van der Waals surface area contributed by atoms with Gasteiger partial charge < -0.3 is 4.90 Å². The standard InChI is InChI=1S/C24H24ClF4N7/c25-17-1-2-18-16(11-17)12-34(14-23(26)6-7-23)13-20-32-33-21(36(18)20)15-4-9-35(10-5-15)22-30-8-3-19(31-22)24(27,28)29/h1-3,8,11,15H,4-7,9-10,12-14H2. The molecule has 190 valence electrons. The van der Waals surface area contributed by atoms with Crippen LogP contribution in [-0.2, 0) is 19.3 Å². The number of fused-ring (bicyclic) bond motifs is 3. The van der Waals surface area contributed by atoms with E-state index in [2.05, 4.69) is 29.6 Å². The molecule has 0 atom stereocenters. The molecule has 1 aliphatic carbocycles. The van der Waals surface area contributed by atoms with Gasteiger partial charge in [-0.3, -0.25) is 9.47 Å². The smallest absolute Gasteiger partial charge is 0.341 e. The molecule has 6 rings (SSSR count). The maximum atomic E-state index is 14.6. The average Bonchev–Trinajstić information content (AvgIpc) is 3.47. The number of rotatable bonds is 4. The molecule has 0 amide bonds. The molecular formula is C24H24ClF4N7. The summed E-state index contributed by atoms with van der Waals surface area (Å²) in [5.74, 6) is 1.69. The number of aromatic nitrogens is 5. The number of benzene rings is 1. The van der Waals surface area contributed by atoms with Crippen molar-refractivity contribution in [2.75, 3.05) is 24.5 Å². The summed E-state index contributed by atoms with van der Waals surface area (Å²) in [5.41, 5.74) is -0.154. The Labute approximate surface area is 210 Å². The summed E-state index contributed by atoms with van der Waals surface area (Å²) >= 11 is 6.31. The van der Waals surface area contributed by atoms with E-state index in [1.54, 1.807) is 4.90 Å². The summed E-state index contributed by atoms with van der Waals surface area (Å²) in [7, 11) is 0. The van der Waals surface area contributed by atoms with Crippen molar-refractivity contribution in [1.29, 1.82) is 0 Å². The molecule has 0 bridgehead atoms. The molecule has 3 aliphatic rings.